The van der Waals surface area contributed by atoms with Crippen LogP contribution >= 0.6 is 0 Å². The molecule has 1 aromatic heterocycles. The Morgan fingerprint density at radius 1 is 1.21 bits per heavy atom. The standard InChI is InChI=1S/C18H21F3N4O3/c1-5-10(2)22-17-24-14(18(19,20)21)9-15(25-17)23-11-6-7-12(16(26)28-4)13(8-11)27-3/h6-10H,5H2,1-4H3,(H2,22,23,24,25)/t10-/m0/s1. The predicted octanol–water partition coefficient (Wildman–Crippen LogP) is 4.24. The van der Waals surface area contributed by atoms with Crippen molar-refractivity contribution in [3.05, 3.63) is 35.5 Å². The van der Waals surface area contributed by atoms with Gasteiger partial charge < -0.3 is 20.1 Å². The number of nitrogens with one attached hydrogen (secondary N) is 2. The van der Waals surface area contributed by atoms with Crippen molar-refractivity contribution in [2.24, 2.45) is 0 Å². The summed E-state index contributed by atoms with van der Waals surface area (Å²) in [4.78, 5) is 19.4. The Labute approximate surface area is 160 Å². The Kier molecular flexibility index (Phi) is 6.66. The number of esters is 1. The second kappa shape index (κ2) is 8.77. The summed E-state index contributed by atoms with van der Waals surface area (Å²) in [6.45, 7) is 3.70. The molecular formula is C18H21F3N4O3. The fraction of sp³-hybridized carbons (Fsp3) is 0.389. The van der Waals surface area contributed by atoms with Crippen molar-refractivity contribution in [1.29, 1.82) is 0 Å². The number of ether oxygens (including phenoxy) is 2. The van der Waals surface area contributed by atoms with Gasteiger partial charge in [-0.05, 0) is 25.5 Å². The molecule has 2 N–H and O–H groups in total. The Bertz CT molecular complexity index is 843. The number of carbonyl (C=O) groups excluding carboxylic acids is 1. The number of benzene rings is 1. The molecule has 0 radical (unpaired) electrons. The number of hydrogen-bond acceptors (Lipinski definition) is 7. The number of anilines is 3. The van der Waals surface area contributed by atoms with Crippen molar-refractivity contribution in [3.63, 3.8) is 0 Å². The quantitative estimate of drug-likeness (QED) is 0.675. The molecule has 0 aliphatic rings. The van der Waals surface area contributed by atoms with Gasteiger partial charge in [0.15, 0.2) is 5.69 Å². The van der Waals surface area contributed by atoms with Crippen LogP contribution in [0.4, 0.5) is 30.6 Å². The smallest absolute Gasteiger partial charge is 0.433 e. The minimum atomic E-state index is -4.63. The van der Waals surface area contributed by atoms with E-state index in [0.29, 0.717) is 12.1 Å². The Morgan fingerprint density at radius 2 is 1.93 bits per heavy atom. The van der Waals surface area contributed by atoms with E-state index in [4.69, 9.17) is 4.74 Å². The van der Waals surface area contributed by atoms with E-state index in [9.17, 15) is 18.0 Å². The molecule has 0 saturated carbocycles. The number of rotatable bonds is 7. The van der Waals surface area contributed by atoms with E-state index in [0.717, 1.165) is 6.07 Å². The second-order valence-corrected chi connectivity index (χ2v) is 5.95. The number of methoxy groups -OCH3 is 2. The molecule has 0 amide bonds. The van der Waals surface area contributed by atoms with Crippen LogP contribution in [0.1, 0.15) is 36.3 Å². The van der Waals surface area contributed by atoms with E-state index in [1.165, 1.54) is 32.4 Å². The highest BCUT2D eigenvalue weighted by Gasteiger charge is 2.34. The van der Waals surface area contributed by atoms with Gasteiger partial charge in [-0.2, -0.15) is 18.2 Å². The lowest BCUT2D eigenvalue weighted by Crippen LogP contribution is -2.18. The molecule has 0 fully saturated rings. The lowest BCUT2D eigenvalue weighted by molar-refractivity contribution is -0.141. The van der Waals surface area contributed by atoms with Crippen molar-refractivity contribution in [1.82, 2.24) is 9.97 Å². The molecule has 2 aromatic rings. The van der Waals surface area contributed by atoms with Gasteiger partial charge in [0.25, 0.3) is 0 Å². The summed E-state index contributed by atoms with van der Waals surface area (Å²) in [5.41, 5.74) is -0.506. The number of aromatic nitrogens is 2. The van der Waals surface area contributed by atoms with E-state index < -0.39 is 17.8 Å². The molecule has 2 rings (SSSR count). The zero-order chi connectivity index (χ0) is 20.9. The van der Waals surface area contributed by atoms with Crippen LogP contribution in [0.5, 0.6) is 5.75 Å². The molecule has 1 heterocycles. The second-order valence-electron chi connectivity index (χ2n) is 5.95. The molecule has 0 unspecified atom stereocenters. The average Bonchev–Trinajstić information content (AvgIpc) is 2.66. The summed E-state index contributed by atoms with van der Waals surface area (Å²) in [7, 11) is 2.60. The summed E-state index contributed by atoms with van der Waals surface area (Å²) in [5.74, 6) is -0.574. The topological polar surface area (TPSA) is 85.4 Å². The first-order chi connectivity index (χ1) is 13.2. The molecule has 0 spiro atoms. The number of carbonyl (C=O) groups is 1. The normalized spacial score (nSPS) is 12.2. The largest absolute Gasteiger partial charge is 0.496 e. The van der Waals surface area contributed by atoms with E-state index in [1.54, 1.807) is 0 Å². The van der Waals surface area contributed by atoms with Gasteiger partial charge in [0.05, 0.1) is 14.2 Å². The van der Waals surface area contributed by atoms with E-state index in [-0.39, 0.29) is 29.1 Å². The van der Waals surface area contributed by atoms with Crippen LogP contribution in [0.25, 0.3) is 0 Å². The summed E-state index contributed by atoms with van der Waals surface area (Å²) in [6, 6.07) is 5.12. The van der Waals surface area contributed by atoms with Crippen LogP contribution < -0.4 is 15.4 Å². The van der Waals surface area contributed by atoms with Gasteiger partial charge in [0, 0.05) is 23.9 Å². The molecule has 10 heteroatoms. The van der Waals surface area contributed by atoms with Gasteiger partial charge in [-0.15, -0.1) is 0 Å². The fourth-order valence-corrected chi connectivity index (χ4v) is 2.24. The van der Waals surface area contributed by atoms with Crippen LogP contribution in [0.15, 0.2) is 24.3 Å². The summed E-state index contributed by atoms with van der Waals surface area (Å²) in [6.07, 6.45) is -3.94. The molecule has 152 valence electrons. The zero-order valence-corrected chi connectivity index (χ0v) is 15.8. The molecule has 0 saturated heterocycles. The number of nitrogens with zero attached hydrogens (tertiary/aromatic N) is 2. The van der Waals surface area contributed by atoms with Crippen LogP contribution in [0.3, 0.4) is 0 Å². The first kappa shape index (κ1) is 21.3. The molecule has 0 aliphatic heterocycles. The monoisotopic (exact) mass is 398 g/mol. The van der Waals surface area contributed by atoms with Crippen LogP contribution in [-0.4, -0.2) is 36.2 Å². The first-order valence-electron chi connectivity index (χ1n) is 8.44. The maximum Gasteiger partial charge on any atom is 0.433 e. The Morgan fingerprint density at radius 3 is 2.50 bits per heavy atom. The third kappa shape index (κ3) is 5.24. The van der Waals surface area contributed by atoms with Crippen molar-refractivity contribution < 1.29 is 27.4 Å². The highest BCUT2D eigenvalue weighted by Crippen LogP contribution is 2.31. The number of hydrogen-bond donors (Lipinski definition) is 2. The predicted molar refractivity (Wildman–Crippen MR) is 98.0 cm³/mol. The highest BCUT2D eigenvalue weighted by atomic mass is 19.4. The number of halogens is 3. The molecular weight excluding hydrogens is 377 g/mol. The van der Waals surface area contributed by atoms with Crippen LogP contribution in [-0.2, 0) is 10.9 Å². The Hall–Kier alpha value is -3.04. The molecule has 28 heavy (non-hydrogen) atoms. The van der Waals surface area contributed by atoms with Gasteiger partial charge in [-0.3, -0.25) is 0 Å². The van der Waals surface area contributed by atoms with Crippen LogP contribution in [0.2, 0.25) is 0 Å². The van der Waals surface area contributed by atoms with E-state index in [1.807, 2.05) is 13.8 Å². The summed E-state index contributed by atoms with van der Waals surface area (Å²) >= 11 is 0. The maximum absolute atomic E-state index is 13.2. The van der Waals surface area contributed by atoms with Crippen molar-refractivity contribution in [2.75, 3.05) is 24.9 Å². The molecule has 0 aliphatic carbocycles. The lowest BCUT2D eigenvalue weighted by Gasteiger charge is -2.16. The molecule has 7 nitrogen and oxygen atoms in total. The molecule has 1 atom stereocenters. The average molecular weight is 398 g/mol. The van der Waals surface area contributed by atoms with Gasteiger partial charge >= 0.3 is 12.1 Å². The third-order valence-electron chi connectivity index (χ3n) is 3.88. The minimum Gasteiger partial charge on any atom is -0.496 e. The maximum atomic E-state index is 13.2. The van der Waals surface area contributed by atoms with E-state index >= 15 is 0 Å². The summed E-state index contributed by atoms with van der Waals surface area (Å²) in [5, 5.41) is 5.62. The van der Waals surface area contributed by atoms with Gasteiger partial charge in [0.2, 0.25) is 5.95 Å². The van der Waals surface area contributed by atoms with Gasteiger partial charge in [0.1, 0.15) is 17.1 Å². The van der Waals surface area contributed by atoms with Gasteiger partial charge in [-0.1, -0.05) is 6.92 Å². The SMILES string of the molecule is CC[C@H](C)Nc1nc(Nc2ccc(C(=O)OC)c(OC)c2)cc(C(F)(F)F)n1. The first-order valence-corrected chi connectivity index (χ1v) is 8.44. The summed E-state index contributed by atoms with van der Waals surface area (Å²) < 4.78 is 49.4. The molecule has 0 bridgehead atoms. The third-order valence-corrected chi connectivity index (χ3v) is 3.88. The zero-order valence-electron chi connectivity index (χ0n) is 15.8. The molecule has 1 aromatic carbocycles. The van der Waals surface area contributed by atoms with E-state index in [2.05, 4.69) is 25.3 Å². The van der Waals surface area contributed by atoms with Crippen molar-refractivity contribution in [2.45, 2.75) is 32.5 Å². The highest BCUT2D eigenvalue weighted by molar-refractivity contribution is 5.93. The van der Waals surface area contributed by atoms with Gasteiger partial charge in [-0.25, -0.2) is 9.78 Å². The Balaban J connectivity index is 2.39. The van der Waals surface area contributed by atoms with Crippen LogP contribution in [0, 0.1) is 0 Å². The lowest BCUT2D eigenvalue weighted by atomic mass is 10.2. The minimum absolute atomic E-state index is 0.0546. The van der Waals surface area contributed by atoms with Crippen molar-refractivity contribution in [3.8, 4) is 5.75 Å². The fourth-order valence-electron chi connectivity index (χ4n) is 2.24. The number of alkyl halides is 3. The van der Waals surface area contributed by atoms with Crippen molar-refractivity contribution >= 4 is 23.4 Å².